The lowest BCUT2D eigenvalue weighted by molar-refractivity contribution is 0.0520. The van der Waals surface area contributed by atoms with Crippen LogP contribution in [0.15, 0.2) is 24.3 Å². The summed E-state index contributed by atoms with van der Waals surface area (Å²) < 4.78 is 11.5. The van der Waals surface area contributed by atoms with Crippen molar-refractivity contribution < 1.29 is 14.3 Å². The third-order valence-electron chi connectivity index (χ3n) is 3.09. The van der Waals surface area contributed by atoms with Crippen molar-refractivity contribution in [3.8, 4) is 22.4 Å². The summed E-state index contributed by atoms with van der Waals surface area (Å²) in [6, 6.07) is 9.39. The number of nitriles is 1. The average Bonchev–Trinajstić information content (AvgIpc) is 3.12. The predicted octanol–water partition coefficient (Wildman–Crippen LogP) is 2.51. The monoisotopic (exact) mass is 328 g/mol. The second-order valence-electron chi connectivity index (χ2n) is 4.47. The van der Waals surface area contributed by atoms with Gasteiger partial charge in [-0.3, -0.25) is 0 Å². The minimum absolute atomic E-state index is 0.00899. The Balaban J connectivity index is 2.08. The molecule has 2 aromatic heterocycles. The van der Waals surface area contributed by atoms with Crippen LogP contribution in [0.2, 0.25) is 0 Å². The number of esters is 1. The molecule has 1 aromatic carbocycles. The van der Waals surface area contributed by atoms with Crippen molar-refractivity contribution in [3.05, 3.63) is 35.7 Å². The van der Waals surface area contributed by atoms with Gasteiger partial charge in [0.25, 0.3) is 0 Å². The Morgan fingerprint density at radius 3 is 3.00 bits per heavy atom. The molecule has 116 valence electrons. The Hall–Kier alpha value is -2.92. The molecule has 23 heavy (non-hydrogen) atoms. The van der Waals surface area contributed by atoms with Crippen molar-refractivity contribution in [1.82, 2.24) is 14.6 Å². The van der Waals surface area contributed by atoms with Crippen LogP contribution in [-0.4, -0.2) is 34.3 Å². The topological polar surface area (TPSA) is 89.5 Å². The van der Waals surface area contributed by atoms with E-state index in [0.29, 0.717) is 15.7 Å². The van der Waals surface area contributed by atoms with E-state index < -0.39 is 5.97 Å². The van der Waals surface area contributed by atoms with E-state index in [2.05, 4.69) is 10.1 Å². The third kappa shape index (κ3) is 2.62. The van der Waals surface area contributed by atoms with E-state index in [1.165, 1.54) is 15.9 Å². The third-order valence-corrected chi connectivity index (χ3v) is 4.05. The fourth-order valence-corrected chi connectivity index (χ4v) is 2.96. The highest BCUT2D eigenvalue weighted by Crippen LogP contribution is 2.29. The number of benzene rings is 1. The lowest BCUT2D eigenvalue weighted by Crippen LogP contribution is -2.07. The van der Waals surface area contributed by atoms with Gasteiger partial charge in [0.1, 0.15) is 16.8 Å². The molecule has 3 rings (SSSR count). The first-order chi connectivity index (χ1) is 11.2. The van der Waals surface area contributed by atoms with Crippen molar-refractivity contribution >= 4 is 22.3 Å². The number of ether oxygens (including phenoxy) is 2. The summed E-state index contributed by atoms with van der Waals surface area (Å²) in [6.45, 7) is 1.92. The van der Waals surface area contributed by atoms with Gasteiger partial charge < -0.3 is 9.47 Å². The summed E-state index contributed by atoms with van der Waals surface area (Å²) in [5, 5.41) is 14.4. The molecule has 0 saturated heterocycles. The molecule has 0 N–H and O–H groups in total. The predicted molar refractivity (Wildman–Crippen MR) is 83.5 cm³/mol. The van der Waals surface area contributed by atoms with E-state index in [0.717, 1.165) is 5.56 Å². The molecule has 0 bridgehead atoms. The van der Waals surface area contributed by atoms with Gasteiger partial charge in [0, 0.05) is 5.56 Å². The SMILES string of the molecule is CCOC(=O)c1nc2sc(-c3cccc(OC)c3)nn2c1C#N. The molecule has 7 nitrogen and oxygen atoms in total. The number of methoxy groups -OCH3 is 1. The summed E-state index contributed by atoms with van der Waals surface area (Å²) in [5.41, 5.74) is 0.913. The summed E-state index contributed by atoms with van der Waals surface area (Å²) in [5.74, 6) is 0.0905. The second-order valence-corrected chi connectivity index (χ2v) is 5.43. The molecule has 0 aliphatic rings. The maximum Gasteiger partial charge on any atom is 0.360 e. The molecule has 2 heterocycles. The smallest absolute Gasteiger partial charge is 0.360 e. The van der Waals surface area contributed by atoms with Gasteiger partial charge in [-0.15, -0.1) is 0 Å². The molecule has 0 saturated carbocycles. The highest BCUT2D eigenvalue weighted by Gasteiger charge is 2.23. The molecule has 0 spiro atoms. The summed E-state index contributed by atoms with van der Waals surface area (Å²) in [4.78, 5) is 16.5. The maximum atomic E-state index is 11.8. The number of rotatable bonds is 4. The van der Waals surface area contributed by atoms with Crippen LogP contribution in [0.1, 0.15) is 23.1 Å². The summed E-state index contributed by atoms with van der Waals surface area (Å²) in [6.07, 6.45) is 0. The molecule has 8 heteroatoms. The summed E-state index contributed by atoms with van der Waals surface area (Å²) >= 11 is 1.28. The first-order valence-corrected chi connectivity index (χ1v) is 7.60. The van der Waals surface area contributed by atoms with Crippen LogP contribution in [0.25, 0.3) is 15.5 Å². The minimum atomic E-state index is -0.621. The van der Waals surface area contributed by atoms with Crippen LogP contribution < -0.4 is 4.74 Å². The van der Waals surface area contributed by atoms with Crippen LogP contribution in [0.4, 0.5) is 0 Å². The van der Waals surface area contributed by atoms with E-state index in [4.69, 9.17) is 9.47 Å². The summed E-state index contributed by atoms with van der Waals surface area (Å²) in [7, 11) is 1.59. The average molecular weight is 328 g/mol. The van der Waals surface area contributed by atoms with Crippen LogP contribution in [0.3, 0.4) is 0 Å². The Morgan fingerprint density at radius 1 is 1.48 bits per heavy atom. The lowest BCUT2D eigenvalue weighted by Gasteiger charge is -2.01. The van der Waals surface area contributed by atoms with E-state index >= 15 is 0 Å². The number of imidazole rings is 1. The van der Waals surface area contributed by atoms with Crippen LogP contribution in [-0.2, 0) is 4.74 Å². The number of carbonyl (C=O) groups excluding carboxylic acids is 1. The molecule has 0 radical (unpaired) electrons. The highest BCUT2D eigenvalue weighted by atomic mass is 32.1. The first kappa shape index (κ1) is 15.0. The van der Waals surface area contributed by atoms with Gasteiger partial charge in [-0.25, -0.2) is 9.78 Å². The fraction of sp³-hybridized carbons (Fsp3) is 0.200. The molecular weight excluding hydrogens is 316 g/mol. The first-order valence-electron chi connectivity index (χ1n) is 6.79. The van der Waals surface area contributed by atoms with Crippen LogP contribution >= 0.6 is 11.3 Å². The Labute approximate surface area is 135 Å². The van der Waals surface area contributed by atoms with E-state index in [-0.39, 0.29) is 18.0 Å². The van der Waals surface area contributed by atoms with Gasteiger partial charge in [0.2, 0.25) is 4.96 Å². The van der Waals surface area contributed by atoms with E-state index in [9.17, 15) is 10.1 Å². The molecule has 3 aromatic rings. The number of nitrogens with zero attached hydrogens (tertiary/aromatic N) is 4. The maximum absolute atomic E-state index is 11.8. The number of aromatic nitrogens is 3. The van der Waals surface area contributed by atoms with Crippen molar-refractivity contribution in [3.63, 3.8) is 0 Å². The molecule has 0 aliphatic carbocycles. The molecular formula is C15H12N4O3S. The normalized spacial score (nSPS) is 10.5. The van der Waals surface area contributed by atoms with E-state index in [1.807, 2.05) is 30.3 Å². The Bertz CT molecular complexity index is 923. The highest BCUT2D eigenvalue weighted by molar-refractivity contribution is 7.19. The van der Waals surface area contributed by atoms with Gasteiger partial charge in [-0.2, -0.15) is 14.9 Å². The molecule has 0 fully saturated rings. The van der Waals surface area contributed by atoms with Crippen molar-refractivity contribution in [1.29, 1.82) is 5.26 Å². The Morgan fingerprint density at radius 2 is 2.30 bits per heavy atom. The second kappa shape index (κ2) is 6.06. The van der Waals surface area contributed by atoms with Gasteiger partial charge >= 0.3 is 5.97 Å². The molecule has 0 aliphatic heterocycles. The fourth-order valence-electron chi connectivity index (χ4n) is 2.06. The van der Waals surface area contributed by atoms with Gasteiger partial charge in [0.15, 0.2) is 11.4 Å². The quantitative estimate of drug-likeness (QED) is 0.684. The molecule has 0 atom stereocenters. The van der Waals surface area contributed by atoms with Crippen LogP contribution in [0.5, 0.6) is 5.75 Å². The van der Waals surface area contributed by atoms with Crippen molar-refractivity contribution in [2.24, 2.45) is 0 Å². The van der Waals surface area contributed by atoms with Crippen molar-refractivity contribution in [2.45, 2.75) is 6.92 Å². The zero-order valence-corrected chi connectivity index (χ0v) is 13.3. The number of carbonyl (C=O) groups is 1. The number of hydrogen-bond donors (Lipinski definition) is 0. The zero-order valence-electron chi connectivity index (χ0n) is 12.4. The number of fused-ring (bicyclic) bond motifs is 1. The molecule has 0 amide bonds. The minimum Gasteiger partial charge on any atom is -0.497 e. The zero-order chi connectivity index (χ0) is 16.4. The standard InChI is InChI=1S/C15H12N4O3S/c1-3-22-14(20)12-11(8-16)19-15(17-12)23-13(18-19)9-5-4-6-10(7-9)21-2/h4-7H,3H2,1-2H3. The largest absolute Gasteiger partial charge is 0.497 e. The van der Waals surface area contributed by atoms with E-state index in [1.54, 1.807) is 14.0 Å². The van der Waals surface area contributed by atoms with Gasteiger partial charge in [0.05, 0.1) is 13.7 Å². The lowest BCUT2D eigenvalue weighted by atomic mass is 10.2. The Kier molecular flexibility index (Phi) is 3.95. The van der Waals surface area contributed by atoms with Crippen LogP contribution in [0, 0.1) is 11.3 Å². The van der Waals surface area contributed by atoms with Crippen molar-refractivity contribution in [2.75, 3.05) is 13.7 Å². The van der Waals surface area contributed by atoms with Gasteiger partial charge in [-0.1, -0.05) is 23.5 Å². The molecule has 0 unspecified atom stereocenters. The number of hydrogen-bond acceptors (Lipinski definition) is 7. The van der Waals surface area contributed by atoms with Gasteiger partial charge in [-0.05, 0) is 19.1 Å².